The van der Waals surface area contributed by atoms with Gasteiger partial charge in [-0.2, -0.15) is 0 Å². The van der Waals surface area contributed by atoms with E-state index in [1.54, 1.807) is 0 Å². The summed E-state index contributed by atoms with van der Waals surface area (Å²) >= 11 is 0. The fourth-order valence-corrected chi connectivity index (χ4v) is 1.79. The second-order valence-corrected chi connectivity index (χ2v) is 4.15. The van der Waals surface area contributed by atoms with E-state index < -0.39 is 0 Å². The summed E-state index contributed by atoms with van der Waals surface area (Å²) in [5, 5.41) is 1.16. The number of rotatable bonds is 2. The van der Waals surface area contributed by atoms with Crippen LogP contribution in [0.1, 0.15) is 25.8 Å². The van der Waals surface area contributed by atoms with Gasteiger partial charge in [0.25, 0.3) is 0 Å². The molecule has 0 radical (unpaired) electrons. The van der Waals surface area contributed by atoms with Crippen molar-refractivity contribution in [1.29, 1.82) is 0 Å². The Morgan fingerprint density at radius 3 is 2.80 bits per heavy atom. The Bertz CT molecular complexity index is 469. The van der Waals surface area contributed by atoms with E-state index in [-0.39, 0.29) is 5.54 Å². The van der Waals surface area contributed by atoms with Gasteiger partial charge in [0, 0.05) is 17.1 Å². The molecular weight excluding hydrogens is 184 g/mol. The lowest BCUT2D eigenvalue weighted by atomic mass is 9.88. The van der Waals surface area contributed by atoms with Crippen molar-refractivity contribution in [1.82, 2.24) is 4.98 Å². The van der Waals surface area contributed by atoms with Gasteiger partial charge in [-0.05, 0) is 31.0 Å². The highest BCUT2D eigenvalue weighted by Gasteiger charge is 2.20. The minimum Gasteiger partial charge on any atom is -0.322 e. The molecule has 0 fully saturated rings. The highest BCUT2D eigenvalue weighted by Crippen LogP contribution is 2.27. The Kier molecular flexibility index (Phi) is 2.45. The summed E-state index contributed by atoms with van der Waals surface area (Å²) in [7, 11) is 0. The number of nitrogens with two attached hydrogens (primary N) is 1. The van der Waals surface area contributed by atoms with E-state index in [0.717, 1.165) is 17.3 Å². The standard InChI is InChI=1S/C13H16N2/c1-3-13(2,14)11-7-4-8-12-10(11)6-5-9-15-12/h4-9H,3,14H2,1-2H3. The molecule has 1 heterocycles. The zero-order chi connectivity index (χ0) is 10.9. The fourth-order valence-electron chi connectivity index (χ4n) is 1.79. The van der Waals surface area contributed by atoms with Crippen molar-refractivity contribution in [3.63, 3.8) is 0 Å². The van der Waals surface area contributed by atoms with Crippen LogP contribution < -0.4 is 5.73 Å². The van der Waals surface area contributed by atoms with E-state index in [4.69, 9.17) is 5.73 Å². The zero-order valence-electron chi connectivity index (χ0n) is 9.20. The number of fused-ring (bicyclic) bond motifs is 1. The predicted molar refractivity (Wildman–Crippen MR) is 63.6 cm³/mol. The highest BCUT2D eigenvalue weighted by atomic mass is 14.7. The van der Waals surface area contributed by atoms with Crippen LogP contribution in [-0.2, 0) is 5.54 Å². The van der Waals surface area contributed by atoms with Crippen molar-refractivity contribution in [3.05, 3.63) is 42.1 Å². The topological polar surface area (TPSA) is 38.9 Å². The van der Waals surface area contributed by atoms with Crippen LogP contribution in [0.15, 0.2) is 36.5 Å². The van der Waals surface area contributed by atoms with E-state index in [0.29, 0.717) is 0 Å². The van der Waals surface area contributed by atoms with Crippen molar-refractivity contribution in [2.24, 2.45) is 5.73 Å². The van der Waals surface area contributed by atoms with Crippen molar-refractivity contribution in [2.75, 3.05) is 0 Å². The van der Waals surface area contributed by atoms with E-state index in [1.165, 1.54) is 5.56 Å². The monoisotopic (exact) mass is 200 g/mol. The molecule has 2 heteroatoms. The Labute approximate surface area is 90.1 Å². The molecule has 2 rings (SSSR count). The molecule has 1 aromatic heterocycles. The van der Waals surface area contributed by atoms with E-state index in [9.17, 15) is 0 Å². The van der Waals surface area contributed by atoms with Gasteiger partial charge >= 0.3 is 0 Å². The molecule has 0 aliphatic heterocycles. The molecule has 0 spiro atoms. The van der Waals surface area contributed by atoms with Crippen molar-refractivity contribution < 1.29 is 0 Å². The van der Waals surface area contributed by atoms with Crippen LogP contribution in [0.25, 0.3) is 10.9 Å². The van der Waals surface area contributed by atoms with Gasteiger partial charge in [0.15, 0.2) is 0 Å². The molecular formula is C13H16N2. The summed E-state index contributed by atoms with van der Waals surface area (Å²) in [6.07, 6.45) is 2.73. The Morgan fingerprint density at radius 2 is 2.07 bits per heavy atom. The Balaban J connectivity index is 2.71. The fraction of sp³-hybridized carbons (Fsp3) is 0.308. The van der Waals surface area contributed by atoms with E-state index in [2.05, 4.69) is 31.0 Å². The van der Waals surface area contributed by atoms with Crippen LogP contribution in [0.3, 0.4) is 0 Å². The second kappa shape index (κ2) is 3.63. The van der Waals surface area contributed by atoms with Gasteiger partial charge in [-0.25, -0.2) is 0 Å². The largest absolute Gasteiger partial charge is 0.322 e. The smallest absolute Gasteiger partial charge is 0.0705 e. The number of hydrogen-bond donors (Lipinski definition) is 1. The summed E-state index contributed by atoms with van der Waals surface area (Å²) in [5.74, 6) is 0. The van der Waals surface area contributed by atoms with Gasteiger partial charge in [-0.1, -0.05) is 25.1 Å². The van der Waals surface area contributed by atoms with Gasteiger partial charge in [0.2, 0.25) is 0 Å². The lowest BCUT2D eigenvalue weighted by molar-refractivity contribution is 0.480. The minimum atomic E-state index is -0.275. The molecule has 78 valence electrons. The molecule has 0 bridgehead atoms. The minimum absolute atomic E-state index is 0.275. The zero-order valence-corrected chi connectivity index (χ0v) is 9.20. The first-order valence-corrected chi connectivity index (χ1v) is 5.28. The van der Waals surface area contributed by atoms with Crippen molar-refractivity contribution in [2.45, 2.75) is 25.8 Å². The van der Waals surface area contributed by atoms with Crippen LogP contribution in [0.4, 0.5) is 0 Å². The lowest BCUT2D eigenvalue weighted by Crippen LogP contribution is -2.32. The SMILES string of the molecule is CCC(C)(N)c1cccc2ncccc12. The molecule has 2 N–H and O–H groups in total. The highest BCUT2D eigenvalue weighted by molar-refractivity contribution is 5.82. The van der Waals surface area contributed by atoms with Crippen LogP contribution in [0.2, 0.25) is 0 Å². The molecule has 0 saturated carbocycles. The Morgan fingerprint density at radius 1 is 1.27 bits per heavy atom. The lowest BCUT2D eigenvalue weighted by Gasteiger charge is -2.24. The van der Waals surface area contributed by atoms with Crippen LogP contribution in [0, 0.1) is 0 Å². The van der Waals surface area contributed by atoms with Crippen molar-refractivity contribution in [3.8, 4) is 0 Å². The second-order valence-electron chi connectivity index (χ2n) is 4.15. The maximum atomic E-state index is 6.28. The molecule has 0 aliphatic rings. The number of benzene rings is 1. The van der Waals surface area contributed by atoms with E-state index >= 15 is 0 Å². The maximum absolute atomic E-state index is 6.28. The summed E-state index contributed by atoms with van der Waals surface area (Å²) in [4.78, 5) is 4.33. The Hall–Kier alpha value is -1.41. The summed E-state index contributed by atoms with van der Waals surface area (Å²) in [6.45, 7) is 4.17. The summed E-state index contributed by atoms with van der Waals surface area (Å²) < 4.78 is 0. The van der Waals surface area contributed by atoms with Gasteiger partial charge in [0.05, 0.1) is 5.52 Å². The van der Waals surface area contributed by atoms with Crippen LogP contribution in [-0.4, -0.2) is 4.98 Å². The van der Waals surface area contributed by atoms with Gasteiger partial charge in [0.1, 0.15) is 0 Å². The molecule has 1 atom stereocenters. The van der Waals surface area contributed by atoms with Crippen LogP contribution >= 0.6 is 0 Å². The third kappa shape index (κ3) is 1.73. The first-order chi connectivity index (χ1) is 7.15. The normalized spacial score (nSPS) is 15.1. The number of aromatic nitrogens is 1. The van der Waals surface area contributed by atoms with Crippen LogP contribution in [0.5, 0.6) is 0 Å². The molecule has 0 saturated heterocycles. The van der Waals surface area contributed by atoms with Gasteiger partial charge < -0.3 is 5.73 Å². The maximum Gasteiger partial charge on any atom is 0.0705 e. The first kappa shape index (κ1) is 10.1. The van der Waals surface area contributed by atoms with Crippen molar-refractivity contribution >= 4 is 10.9 Å². The molecule has 0 amide bonds. The molecule has 15 heavy (non-hydrogen) atoms. The average molecular weight is 200 g/mol. The van der Waals surface area contributed by atoms with E-state index in [1.807, 2.05) is 24.4 Å². The quantitative estimate of drug-likeness (QED) is 0.809. The third-order valence-corrected chi connectivity index (χ3v) is 3.00. The molecule has 1 aromatic carbocycles. The summed E-state index contributed by atoms with van der Waals surface area (Å²) in [5.41, 5.74) is 8.19. The number of pyridine rings is 1. The number of nitrogens with zero attached hydrogens (tertiary/aromatic N) is 1. The molecule has 0 aliphatic carbocycles. The summed E-state index contributed by atoms with van der Waals surface area (Å²) in [6, 6.07) is 10.2. The number of hydrogen-bond acceptors (Lipinski definition) is 2. The van der Waals surface area contributed by atoms with Gasteiger partial charge in [-0.15, -0.1) is 0 Å². The first-order valence-electron chi connectivity index (χ1n) is 5.28. The molecule has 1 unspecified atom stereocenters. The molecule has 2 aromatic rings. The van der Waals surface area contributed by atoms with Gasteiger partial charge in [-0.3, -0.25) is 4.98 Å². The third-order valence-electron chi connectivity index (χ3n) is 3.00. The predicted octanol–water partition coefficient (Wildman–Crippen LogP) is 2.82. The average Bonchev–Trinajstić information content (AvgIpc) is 2.28. The molecule has 2 nitrogen and oxygen atoms in total.